The number of methoxy groups -OCH3 is 1. The number of hydrogen-bond acceptors (Lipinski definition) is 7. The number of ether oxygens (including phenoxy) is 2. The molecule has 1 N–H and O–H groups in total. The molecule has 0 unspecified atom stereocenters. The third-order valence-electron chi connectivity index (χ3n) is 5.10. The number of carboxylic acid groups (broad SMARTS) is 1. The maximum absolute atomic E-state index is 13.0. The van der Waals surface area contributed by atoms with Gasteiger partial charge in [0, 0.05) is 17.0 Å². The molecular formula is C19H16N2O6S2. The monoisotopic (exact) mass is 432 g/mol. The molecule has 0 atom stereocenters. The largest absolute Gasteiger partial charge is 0.495 e. The third kappa shape index (κ3) is 2.74. The average Bonchev–Trinajstić information content (AvgIpc) is 3.29. The van der Waals surface area contributed by atoms with Gasteiger partial charge in [-0.2, -0.15) is 16.4 Å². The average molecular weight is 432 g/mol. The zero-order chi connectivity index (χ0) is 20.3. The second-order valence-electron chi connectivity index (χ2n) is 6.91. The molecule has 5 rings (SSSR count). The van der Waals surface area contributed by atoms with Crippen molar-refractivity contribution in [1.29, 1.82) is 0 Å². The van der Waals surface area contributed by atoms with E-state index in [0.717, 1.165) is 0 Å². The van der Waals surface area contributed by atoms with Gasteiger partial charge in [-0.05, 0) is 30.4 Å². The van der Waals surface area contributed by atoms with Crippen LogP contribution in [0.15, 0.2) is 33.9 Å². The highest BCUT2D eigenvalue weighted by molar-refractivity contribution is 7.92. The lowest BCUT2D eigenvalue weighted by Crippen LogP contribution is -2.13. The van der Waals surface area contributed by atoms with Crippen molar-refractivity contribution in [3.05, 3.63) is 40.2 Å². The first kappa shape index (κ1) is 18.2. The highest BCUT2D eigenvalue weighted by Crippen LogP contribution is 2.46. The summed E-state index contributed by atoms with van der Waals surface area (Å²) in [6, 6.07) is 4.90. The van der Waals surface area contributed by atoms with Crippen molar-refractivity contribution in [3.8, 4) is 28.4 Å². The van der Waals surface area contributed by atoms with Crippen molar-refractivity contribution in [2.75, 3.05) is 7.11 Å². The Kier molecular flexibility index (Phi) is 3.97. The van der Waals surface area contributed by atoms with Gasteiger partial charge < -0.3 is 14.6 Å². The van der Waals surface area contributed by atoms with Crippen LogP contribution < -0.4 is 9.47 Å². The molecule has 150 valence electrons. The van der Waals surface area contributed by atoms with E-state index in [-0.39, 0.29) is 22.9 Å². The third-order valence-corrected chi connectivity index (χ3v) is 8.05. The number of thiophene rings is 1. The van der Waals surface area contributed by atoms with Crippen LogP contribution in [0.4, 0.5) is 0 Å². The number of benzene rings is 1. The van der Waals surface area contributed by atoms with Crippen molar-refractivity contribution in [1.82, 2.24) is 9.78 Å². The molecule has 0 spiro atoms. The minimum absolute atomic E-state index is 0.0198. The summed E-state index contributed by atoms with van der Waals surface area (Å²) in [5.41, 5.74) is 2.01. The number of aromatic nitrogens is 2. The molecule has 1 aromatic carbocycles. The van der Waals surface area contributed by atoms with Gasteiger partial charge in [0.05, 0.1) is 29.3 Å². The van der Waals surface area contributed by atoms with Gasteiger partial charge in [0.15, 0.2) is 15.5 Å². The highest BCUT2D eigenvalue weighted by Gasteiger charge is 2.40. The zero-order valence-electron chi connectivity index (χ0n) is 15.3. The molecule has 1 fully saturated rings. The van der Waals surface area contributed by atoms with E-state index in [2.05, 4.69) is 5.10 Å². The Morgan fingerprint density at radius 3 is 2.79 bits per heavy atom. The molecule has 2 aliphatic rings. The lowest BCUT2D eigenvalue weighted by Gasteiger charge is -2.22. The molecule has 1 aliphatic carbocycles. The van der Waals surface area contributed by atoms with E-state index in [9.17, 15) is 18.3 Å². The first-order chi connectivity index (χ1) is 13.9. The van der Waals surface area contributed by atoms with Crippen LogP contribution in [-0.2, 0) is 16.4 Å². The van der Waals surface area contributed by atoms with Crippen molar-refractivity contribution >= 4 is 27.1 Å². The summed E-state index contributed by atoms with van der Waals surface area (Å²) in [7, 11) is -2.13. The molecule has 3 heterocycles. The maximum Gasteiger partial charge on any atom is 0.356 e. The molecule has 2 aromatic heterocycles. The molecular weight excluding hydrogens is 416 g/mol. The fraction of sp³-hybridized carbons (Fsp3) is 0.263. The lowest BCUT2D eigenvalue weighted by atomic mass is 10.0. The number of hydrogen-bond donors (Lipinski definition) is 1. The van der Waals surface area contributed by atoms with E-state index in [1.807, 2.05) is 16.8 Å². The van der Waals surface area contributed by atoms with Crippen molar-refractivity contribution in [2.45, 2.75) is 29.6 Å². The number of nitrogens with zero attached hydrogens (tertiary/aromatic N) is 2. The molecule has 8 nitrogen and oxygen atoms in total. The quantitative estimate of drug-likeness (QED) is 0.660. The predicted molar refractivity (Wildman–Crippen MR) is 105 cm³/mol. The number of aromatic carboxylic acids is 1. The van der Waals surface area contributed by atoms with Gasteiger partial charge in [0.1, 0.15) is 23.0 Å². The Hall–Kier alpha value is -2.85. The Labute approximate surface area is 170 Å². The second kappa shape index (κ2) is 6.33. The number of carbonyl (C=O) groups is 1. The van der Waals surface area contributed by atoms with E-state index in [4.69, 9.17) is 9.47 Å². The van der Waals surface area contributed by atoms with Crippen LogP contribution in [-0.4, -0.2) is 41.6 Å². The van der Waals surface area contributed by atoms with Crippen LogP contribution in [0.3, 0.4) is 0 Å². The van der Waals surface area contributed by atoms with Crippen molar-refractivity contribution in [3.63, 3.8) is 0 Å². The normalized spacial score (nSPS) is 15.3. The first-order valence-corrected chi connectivity index (χ1v) is 11.4. The minimum Gasteiger partial charge on any atom is -0.495 e. The van der Waals surface area contributed by atoms with Gasteiger partial charge >= 0.3 is 5.97 Å². The smallest absolute Gasteiger partial charge is 0.356 e. The number of rotatable bonds is 5. The Balaban J connectivity index is 1.80. The van der Waals surface area contributed by atoms with Gasteiger partial charge in [-0.3, -0.25) is 0 Å². The standard InChI is InChI=1S/C19H16N2O6S2/c1-26-15-7-14-12(6-16(15)29(24,25)11-2-3-11)18-13(8-27-14)17(19(22)23)20-21(18)10-4-5-28-9-10/h4-7,9,11H,2-3,8H2,1H3,(H,22,23). The fourth-order valence-electron chi connectivity index (χ4n) is 3.54. The fourth-order valence-corrected chi connectivity index (χ4v) is 5.97. The molecule has 29 heavy (non-hydrogen) atoms. The van der Waals surface area contributed by atoms with Crippen LogP contribution in [0.25, 0.3) is 16.9 Å². The number of fused-ring (bicyclic) bond motifs is 3. The summed E-state index contributed by atoms with van der Waals surface area (Å²) in [6.07, 6.45) is 1.25. The van der Waals surface area contributed by atoms with E-state index in [1.54, 1.807) is 6.07 Å². The summed E-state index contributed by atoms with van der Waals surface area (Å²) in [5, 5.41) is 17.2. The van der Waals surface area contributed by atoms with Gasteiger partial charge in [-0.1, -0.05) is 0 Å². The topological polar surface area (TPSA) is 108 Å². The van der Waals surface area contributed by atoms with E-state index >= 15 is 0 Å². The first-order valence-electron chi connectivity index (χ1n) is 8.88. The van der Waals surface area contributed by atoms with E-state index in [0.29, 0.717) is 41.1 Å². The second-order valence-corrected chi connectivity index (χ2v) is 9.88. The minimum atomic E-state index is -3.55. The highest BCUT2D eigenvalue weighted by atomic mass is 32.2. The molecule has 1 aliphatic heterocycles. The molecule has 0 amide bonds. The van der Waals surface area contributed by atoms with Crippen molar-refractivity contribution < 1.29 is 27.8 Å². The molecule has 3 aromatic rings. The SMILES string of the molecule is COc1cc2c(cc1S(=O)(=O)C1CC1)-c1c(c(C(=O)O)nn1-c1ccsc1)CO2. The summed E-state index contributed by atoms with van der Waals surface area (Å²) < 4.78 is 38.6. The Morgan fingerprint density at radius 1 is 1.38 bits per heavy atom. The molecule has 0 radical (unpaired) electrons. The number of carboxylic acids is 1. The lowest BCUT2D eigenvalue weighted by molar-refractivity contribution is 0.0687. The van der Waals surface area contributed by atoms with E-state index in [1.165, 1.54) is 29.2 Å². The molecule has 0 saturated heterocycles. The van der Waals surface area contributed by atoms with Gasteiger partial charge in [-0.25, -0.2) is 17.9 Å². The molecule has 1 saturated carbocycles. The van der Waals surface area contributed by atoms with Crippen LogP contribution in [0.1, 0.15) is 28.9 Å². The van der Waals surface area contributed by atoms with Gasteiger partial charge in [-0.15, -0.1) is 0 Å². The van der Waals surface area contributed by atoms with Crippen LogP contribution in [0.2, 0.25) is 0 Å². The summed E-state index contributed by atoms with van der Waals surface area (Å²) in [6.45, 7) is 0.0198. The predicted octanol–water partition coefficient (Wildman–Crippen LogP) is 3.14. The summed E-state index contributed by atoms with van der Waals surface area (Å²) >= 11 is 1.45. The Morgan fingerprint density at radius 2 is 2.17 bits per heavy atom. The summed E-state index contributed by atoms with van der Waals surface area (Å²) in [5.74, 6) is -0.516. The Bertz CT molecular complexity index is 1240. The maximum atomic E-state index is 13.0. The van der Waals surface area contributed by atoms with Crippen LogP contribution in [0, 0.1) is 0 Å². The molecule has 0 bridgehead atoms. The number of sulfone groups is 1. The zero-order valence-corrected chi connectivity index (χ0v) is 16.9. The van der Waals surface area contributed by atoms with Crippen LogP contribution in [0.5, 0.6) is 11.5 Å². The van der Waals surface area contributed by atoms with Gasteiger partial charge in [0.25, 0.3) is 0 Å². The van der Waals surface area contributed by atoms with Crippen molar-refractivity contribution in [2.24, 2.45) is 0 Å². The molecule has 10 heteroatoms. The van der Waals surface area contributed by atoms with E-state index < -0.39 is 21.1 Å². The van der Waals surface area contributed by atoms with Gasteiger partial charge in [0.2, 0.25) is 0 Å². The van der Waals surface area contributed by atoms with Crippen LogP contribution >= 0.6 is 11.3 Å². The summed E-state index contributed by atoms with van der Waals surface area (Å²) in [4.78, 5) is 11.8.